The van der Waals surface area contributed by atoms with Gasteiger partial charge in [0.05, 0.1) is 18.0 Å². The number of benzene rings is 1. The van der Waals surface area contributed by atoms with Crippen LogP contribution < -0.4 is 10.9 Å². The van der Waals surface area contributed by atoms with Crippen molar-refractivity contribution in [3.8, 4) is 0 Å². The van der Waals surface area contributed by atoms with E-state index in [1.165, 1.54) is 0 Å². The molecule has 1 aromatic carbocycles. The van der Waals surface area contributed by atoms with Crippen LogP contribution in [-0.4, -0.2) is 15.5 Å². The lowest BCUT2D eigenvalue weighted by Gasteiger charge is -2.18. The van der Waals surface area contributed by atoms with Crippen molar-refractivity contribution in [3.05, 3.63) is 87.1 Å². The van der Waals surface area contributed by atoms with E-state index >= 15 is 0 Å². The van der Waals surface area contributed by atoms with Crippen molar-refractivity contribution in [2.24, 2.45) is 0 Å². The van der Waals surface area contributed by atoms with Gasteiger partial charge in [-0.15, -0.1) is 0 Å². The Morgan fingerprint density at radius 1 is 1.22 bits per heavy atom. The summed E-state index contributed by atoms with van der Waals surface area (Å²) in [5, 5.41) is 8.02. The monoisotopic (exact) mass is 377 g/mol. The second kappa shape index (κ2) is 7.25. The van der Waals surface area contributed by atoms with E-state index in [1.807, 2.05) is 59.6 Å². The van der Waals surface area contributed by atoms with Gasteiger partial charge in [-0.3, -0.25) is 9.59 Å². The Bertz CT molecular complexity index is 1090. The predicted octanol–water partition coefficient (Wildman–Crippen LogP) is 4.32. The number of thiophene rings is 1. The Balaban J connectivity index is 1.56. The lowest BCUT2D eigenvalue weighted by atomic mass is 10.1. The fourth-order valence-electron chi connectivity index (χ4n) is 3.32. The number of aryl methyl sites for hydroxylation is 1. The molecule has 27 heavy (non-hydrogen) atoms. The van der Waals surface area contributed by atoms with Crippen LogP contribution in [0.15, 0.2) is 70.4 Å². The minimum atomic E-state index is -0.145. The Morgan fingerprint density at radius 3 is 2.78 bits per heavy atom. The maximum Gasteiger partial charge on any atom is 0.248 e. The highest BCUT2D eigenvalue weighted by atomic mass is 32.1. The fourth-order valence-corrected chi connectivity index (χ4v) is 4.02. The van der Waals surface area contributed by atoms with Crippen LogP contribution in [0.4, 0.5) is 5.69 Å². The molecule has 0 radical (unpaired) electrons. The molecule has 3 heterocycles. The van der Waals surface area contributed by atoms with Crippen LogP contribution in [0.1, 0.15) is 23.6 Å². The summed E-state index contributed by atoms with van der Waals surface area (Å²) in [6.45, 7) is 1.90. The summed E-state index contributed by atoms with van der Waals surface area (Å²) < 4.78 is 2.04. The highest BCUT2D eigenvalue weighted by Gasteiger charge is 2.18. The van der Waals surface area contributed by atoms with Crippen LogP contribution in [0.2, 0.25) is 0 Å². The number of nitrogens with one attached hydrogen (secondary N) is 2. The lowest BCUT2D eigenvalue weighted by molar-refractivity contribution is -0.116. The molecule has 5 nitrogen and oxygen atoms in total. The third kappa shape index (κ3) is 3.71. The van der Waals surface area contributed by atoms with Crippen LogP contribution in [0, 0.1) is 6.92 Å². The number of rotatable bonds is 5. The molecule has 0 saturated carbocycles. The van der Waals surface area contributed by atoms with Crippen LogP contribution >= 0.6 is 11.3 Å². The average Bonchev–Trinajstić information content (AvgIpc) is 3.33. The van der Waals surface area contributed by atoms with Gasteiger partial charge in [-0.1, -0.05) is 6.07 Å². The number of carbonyl (C=O) groups is 1. The molecular weight excluding hydrogens is 358 g/mol. The van der Waals surface area contributed by atoms with Gasteiger partial charge in [-0.25, -0.2) is 0 Å². The van der Waals surface area contributed by atoms with Gasteiger partial charge in [-0.2, -0.15) is 11.3 Å². The molecule has 0 bridgehead atoms. The molecule has 0 fully saturated rings. The highest BCUT2D eigenvalue weighted by Crippen LogP contribution is 2.26. The minimum Gasteiger partial charge on any atom is -0.346 e. The molecule has 1 unspecified atom stereocenters. The number of nitrogens with zero attached hydrogens (tertiary/aromatic N) is 1. The van der Waals surface area contributed by atoms with Gasteiger partial charge in [0.2, 0.25) is 11.5 Å². The van der Waals surface area contributed by atoms with Gasteiger partial charge in [0.15, 0.2) is 0 Å². The van der Waals surface area contributed by atoms with E-state index in [1.54, 1.807) is 23.5 Å². The molecule has 1 amide bonds. The summed E-state index contributed by atoms with van der Waals surface area (Å²) in [4.78, 5) is 27.2. The number of pyridine rings is 1. The van der Waals surface area contributed by atoms with Gasteiger partial charge in [-0.05, 0) is 59.1 Å². The molecule has 3 aromatic heterocycles. The first-order chi connectivity index (χ1) is 13.1. The van der Waals surface area contributed by atoms with E-state index < -0.39 is 0 Å². The lowest BCUT2D eigenvalue weighted by Crippen LogP contribution is -2.19. The van der Waals surface area contributed by atoms with Crippen LogP contribution in [0.5, 0.6) is 0 Å². The Hall–Kier alpha value is -3.12. The molecule has 136 valence electrons. The summed E-state index contributed by atoms with van der Waals surface area (Å²) in [7, 11) is 0. The molecule has 2 N–H and O–H groups in total. The second-order valence-corrected chi connectivity index (χ2v) is 7.31. The first-order valence-corrected chi connectivity index (χ1v) is 9.62. The highest BCUT2D eigenvalue weighted by molar-refractivity contribution is 7.08. The maximum absolute atomic E-state index is 12.7. The molecule has 4 rings (SSSR count). The summed E-state index contributed by atoms with van der Waals surface area (Å²) in [5.74, 6) is -0.0748. The van der Waals surface area contributed by atoms with Crippen LogP contribution in [-0.2, 0) is 4.79 Å². The molecule has 6 heteroatoms. The standard InChI is InChI=1S/C21H19N3O2S/c1-14-10-20(25)23-18-11-16(4-5-17(14)18)22-21(26)12-19(15-6-9-27-13-15)24-7-2-3-8-24/h2-11,13,19H,12H2,1H3,(H,22,26)(H,23,25). The van der Waals surface area contributed by atoms with E-state index in [0.717, 1.165) is 22.0 Å². The van der Waals surface area contributed by atoms with E-state index in [9.17, 15) is 9.59 Å². The molecule has 1 atom stereocenters. The van der Waals surface area contributed by atoms with E-state index in [0.29, 0.717) is 12.1 Å². The summed E-state index contributed by atoms with van der Waals surface area (Å²) in [6, 6.07) is 13.1. The molecule has 0 spiro atoms. The van der Waals surface area contributed by atoms with Crippen molar-refractivity contribution in [2.75, 3.05) is 5.32 Å². The minimum absolute atomic E-state index is 0.0474. The topological polar surface area (TPSA) is 66.9 Å². The zero-order valence-corrected chi connectivity index (χ0v) is 15.6. The van der Waals surface area contributed by atoms with E-state index in [2.05, 4.69) is 15.7 Å². The summed E-state index contributed by atoms with van der Waals surface area (Å²) in [5.41, 5.74) is 3.28. The van der Waals surface area contributed by atoms with Gasteiger partial charge in [0.25, 0.3) is 0 Å². The first kappa shape index (κ1) is 17.3. The molecular formula is C21H19N3O2S. The van der Waals surface area contributed by atoms with Crippen molar-refractivity contribution in [2.45, 2.75) is 19.4 Å². The van der Waals surface area contributed by atoms with Gasteiger partial charge in [0.1, 0.15) is 0 Å². The third-order valence-electron chi connectivity index (χ3n) is 4.63. The number of carbonyl (C=O) groups excluding carboxylic acids is 1. The van der Waals surface area contributed by atoms with Gasteiger partial charge in [0, 0.05) is 29.5 Å². The summed E-state index contributed by atoms with van der Waals surface area (Å²) in [6.07, 6.45) is 4.27. The average molecular weight is 377 g/mol. The fraction of sp³-hybridized carbons (Fsp3) is 0.143. The smallest absolute Gasteiger partial charge is 0.248 e. The number of hydrogen-bond donors (Lipinski definition) is 2. The number of anilines is 1. The Kier molecular flexibility index (Phi) is 4.64. The predicted molar refractivity (Wildman–Crippen MR) is 109 cm³/mol. The maximum atomic E-state index is 12.7. The third-order valence-corrected chi connectivity index (χ3v) is 5.33. The zero-order valence-electron chi connectivity index (χ0n) is 14.8. The van der Waals surface area contributed by atoms with E-state index in [-0.39, 0.29) is 17.5 Å². The molecule has 0 aliphatic heterocycles. The van der Waals surface area contributed by atoms with Gasteiger partial charge >= 0.3 is 0 Å². The van der Waals surface area contributed by atoms with Crippen LogP contribution in [0.25, 0.3) is 10.9 Å². The zero-order chi connectivity index (χ0) is 18.8. The Labute approximate surface area is 160 Å². The number of amides is 1. The summed E-state index contributed by atoms with van der Waals surface area (Å²) >= 11 is 1.62. The normalized spacial score (nSPS) is 12.2. The first-order valence-electron chi connectivity index (χ1n) is 8.68. The number of H-pyrrole nitrogens is 1. The SMILES string of the molecule is Cc1cc(=O)[nH]c2cc(NC(=O)CC(c3ccsc3)n3cccc3)ccc12. The second-order valence-electron chi connectivity index (χ2n) is 6.53. The number of fused-ring (bicyclic) bond motifs is 1. The van der Waals surface area contributed by atoms with Crippen molar-refractivity contribution >= 4 is 33.8 Å². The van der Waals surface area contributed by atoms with Gasteiger partial charge < -0.3 is 14.9 Å². The quantitative estimate of drug-likeness (QED) is 0.544. The Morgan fingerprint density at radius 2 is 2.04 bits per heavy atom. The molecule has 0 aliphatic rings. The van der Waals surface area contributed by atoms with Crippen molar-refractivity contribution in [1.82, 2.24) is 9.55 Å². The molecule has 0 saturated heterocycles. The molecule has 4 aromatic rings. The van der Waals surface area contributed by atoms with Crippen molar-refractivity contribution < 1.29 is 4.79 Å². The number of aromatic nitrogens is 2. The van der Waals surface area contributed by atoms with Crippen molar-refractivity contribution in [3.63, 3.8) is 0 Å². The number of hydrogen-bond acceptors (Lipinski definition) is 3. The largest absolute Gasteiger partial charge is 0.346 e. The molecule has 0 aliphatic carbocycles. The van der Waals surface area contributed by atoms with Crippen LogP contribution in [0.3, 0.4) is 0 Å². The number of aromatic amines is 1. The van der Waals surface area contributed by atoms with Crippen molar-refractivity contribution in [1.29, 1.82) is 0 Å². The van der Waals surface area contributed by atoms with E-state index in [4.69, 9.17) is 0 Å².